The molecule has 0 saturated carbocycles. The Morgan fingerprint density at radius 1 is 1.44 bits per heavy atom. The van der Waals surface area contributed by atoms with E-state index >= 15 is 0 Å². The highest BCUT2D eigenvalue weighted by molar-refractivity contribution is 7.99. The Labute approximate surface area is 106 Å². The normalized spacial score (nSPS) is 10.5. The number of hydrogen-bond acceptors (Lipinski definition) is 2. The predicted molar refractivity (Wildman–Crippen MR) is 70.1 cm³/mol. The molecule has 0 bridgehead atoms. The number of thioether (sulfide) groups is 1. The molecule has 2 nitrogen and oxygen atoms in total. The van der Waals surface area contributed by atoms with E-state index in [2.05, 4.69) is 5.32 Å². The molecule has 1 aromatic carbocycles. The molecule has 0 aromatic heterocycles. The summed E-state index contributed by atoms with van der Waals surface area (Å²) in [5, 5.41) is 3.61. The Kier molecular flexibility index (Phi) is 5.71. The van der Waals surface area contributed by atoms with E-state index in [0.717, 1.165) is 15.7 Å². The van der Waals surface area contributed by atoms with Crippen LogP contribution < -0.4 is 5.32 Å². The van der Waals surface area contributed by atoms with Crippen LogP contribution >= 0.6 is 23.4 Å². The third-order valence-electron chi connectivity index (χ3n) is 1.87. The van der Waals surface area contributed by atoms with Crippen molar-refractivity contribution < 1.29 is 4.79 Å². The summed E-state index contributed by atoms with van der Waals surface area (Å²) in [4.78, 5) is 12.4. The first-order chi connectivity index (χ1) is 7.59. The van der Waals surface area contributed by atoms with Crippen LogP contribution in [0.2, 0.25) is 5.02 Å². The Morgan fingerprint density at radius 2 is 2.12 bits per heavy atom. The number of amides is 1. The highest BCUT2D eigenvalue weighted by atomic mass is 35.5. The van der Waals surface area contributed by atoms with Gasteiger partial charge in [0.25, 0.3) is 0 Å². The first-order valence-electron chi connectivity index (χ1n) is 5.26. The van der Waals surface area contributed by atoms with Gasteiger partial charge < -0.3 is 5.32 Å². The van der Waals surface area contributed by atoms with Gasteiger partial charge in [-0.1, -0.05) is 23.7 Å². The quantitative estimate of drug-likeness (QED) is 0.820. The maximum Gasteiger partial charge on any atom is 0.221 e. The number of rotatable bonds is 5. The summed E-state index contributed by atoms with van der Waals surface area (Å²) in [5.74, 6) is 0.844. The molecule has 1 N–H and O–H groups in total. The van der Waals surface area contributed by atoms with Crippen molar-refractivity contribution in [2.45, 2.75) is 31.2 Å². The van der Waals surface area contributed by atoms with Gasteiger partial charge in [-0.05, 0) is 26.0 Å². The first kappa shape index (κ1) is 13.4. The van der Waals surface area contributed by atoms with Gasteiger partial charge in [0.2, 0.25) is 5.91 Å². The Morgan fingerprint density at radius 3 is 2.75 bits per heavy atom. The van der Waals surface area contributed by atoms with Crippen LogP contribution in [0.25, 0.3) is 0 Å². The standard InChI is InChI=1S/C12H16ClNOS/c1-9(2)14-12(15)7-8-16-11-6-4-3-5-10(11)13/h3-6,9H,7-8H2,1-2H3,(H,14,15). The predicted octanol–water partition coefficient (Wildman–Crippen LogP) is 3.35. The molecule has 0 aliphatic rings. The van der Waals surface area contributed by atoms with Crippen molar-refractivity contribution in [3.05, 3.63) is 29.3 Å². The van der Waals surface area contributed by atoms with E-state index in [1.807, 2.05) is 38.1 Å². The van der Waals surface area contributed by atoms with Gasteiger partial charge in [0.05, 0.1) is 5.02 Å². The number of nitrogens with one attached hydrogen (secondary N) is 1. The molecule has 0 aliphatic heterocycles. The summed E-state index contributed by atoms with van der Waals surface area (Å²) in [5.41, 5.74) is 0. The number of carbonyl (C=O) groups is 1. The van der Waals surface area contributed by atoms with Gasteiger partial charge in [-0.3, -0.25) is 4.79 Å². The lowest BCUT2D eigenvalue weighted by molar-refractivity contribution is -0.121. The Balaban J connectivity index is 2.31. The first-order valence-corrected chi connectivity index (χ1v) is 6.62. The minimum absolute atomic E-state index is 0.0922. The molecule has 0 unspecified atom stereocenters. The van der Waals surface area contributed by atoms with Gasteiger partial charge in [0.15, 0.2) is 0 Å². The molecule has 0 radical (unpaired) electrons. The van der Waals surface area contributed by atoms with Gasteiger partial charge in [-0.2, -0.15) is 0 Å². The zero-order valence-corrected chi connectivity index (χ0v) is 11.1. The van der Waals surface area contributed by atoms with Crippen molar-refractivity contribution in [2.24, 2.45) is 0 Å². The minimum atomic E-state index is 0.0922. The maximum atomic E-state index is 11.4. The van der Waals surface area contributed by atoms with Crippen molar-refractivity contribution in [1.82, 2.24) is 5.32 Å². The van der Waals surface area contributed by atoms with E-state index in [4.69, 9.17) is 11.6 Å². The van der Waals surface area contributed by atoms with Crippen LogP contribution in [0.3, 0.4) is 0 Å². The average Bonchev–Trinajstić information content (AvgIpc) is 2.19. The SMILES string of the molecule is CC(C)NC(=O)CCSc1ccccc1Cl. The second-order valence-electron chi connectivity index (χ2n) is 3.75. The largest absolute Gasteiger partial charge is 0.354 e. The second kappa shape index (κ2) is 6.81. The fourth-order valence-corrected chi connectivity index (χ4v) is 2.40. The minimum Gasteiger partial charge on any atom is -0.354 e. The topological polar surface area (TPSA) is 29.1 Å². The highest BCUT2D eigenvalue weighted by Gasteiger charge is 2.04. The van der Waals surface area contributed by atoms with E-state index in [1.54, 1.807) is 11.8 Å². The molecular formula is C12H16ClNOS. The summed E-state index contributed by atoms with van der Waals surface area (Å²) in [6.07, 6.45) is 0.522. The smallest absolute Gasteiger partial charge is 0.221 e. The Bertz CT molecular complexity index is 355. The molecule has 0 atom stereocenters. The molecule has 0 fully saturated rings. The van der Waals surface area contributed by atoms with E-state index in [0.29, 0.717) is 6.42 Å². The lowest BCUT2D eigenvalue weighted by Crippen LogP contribution is -2.30. The lowest BCUT2D eigenvalue weighted by atomic mass is 10.3. The van der Waals surface area contributed by atoms with Crippen LogP contribution in [0.15, 0.2) is 29.2 Å². The second-order valence-corrected chi connectivity index (χ2v) is 5.30. The van der Waals surface area contributed by atoms with Gasteiger partial charge in [0, 0.05) is 23.1 Å². The molecule has 1 aromatic rings. The highest BCUT2D eigenvalue weighted by Crippen LogP contribution is 2.26. The molecular weight excluding hydrogens is 242 g/mol. The average molecular weight is 258 g/mol. The van der Waals surface area contributed by atoms with Crippen LogP contribution in [-0.2, 0) is 4.79 Å². The summed E-state index contributed by atoms with van der Waals surface area (Å²) < 4.78 is 0. The van der Waals surface area contributed by atoms with Crippen LogP contribution in [0.4, 0.5) is 0 Å². The molecule has 0 aliphatic carbocycles. The van der Waals surface area contributed by atoms with E-state index in [1.165, 1.54) is 0 Å². The summed E-state index contributed by atoms with van der Waals surface area (Å²) in [7, 11) is 0. The number of benzene rings is 1. The molecule has 0 heterocycles. The number of halogens is 1. The third-order valence-corrected chi connectivity index (χ3v) is 3.39. The molecule has 0 saturated heterocycles. The van der Waals surface area contributed by atoms with Crippen LogP contribution in [-0.4, -0.2) is 17.7 Å². The third kappa shape index (κ3) is 4.90. The van der Waals surface area contributed by atoms with E-state index in [9.17, 15) is 4.79 Å². The van der Waals surface area contributed by atoms with Crippen molar-refractivity contribution in [3.8, 4) is 0 Å². The maximum absolute atomic E-state index is 11.4. The lowest BCUT2D eigenvalue weighted by Gasteiger charge is -2.08. The van der Waals surface area contributed by atoms with Crippen molar-refractivity contribution in [1.29, 1.82) is 0 Å². The van der Waals surface area contributed by atoms with Crippen LogP contribution in [0.1, 0.15) is 20.3 Å². The van der Waals surface area contributed by atoms with Gasteiger partial charge in [-0.15, -0.1) is 11.8 Å². The van der Waals surface area contributed by atoms with Gasteiger partial charge in [0.1, 0.15) is 0 Å². The number of hydrogen-bond donors (Lipinski definition) is 1. The molecule has 0 spiro atoms. The molecule has 16 heavy (non-hydrogen) atoms. The number of carbonyl (C=O) groups excluding carboxylic acids is 1. The van der Waals surface area contributed by atoms with Gasteiger partial charge >= 0.3 is 0 Å². The molecule has 88 valence electrons. The monoisotopic (exact) mass is 257 g/mol. The summed E-state index contributed by atoms with van der Waals surface area (Å²) in [6.45, 7) is 3.91. The van der Waals surface area contributed by atoms with Crippen molar-refractivity contribution >= 4 is 29.3 Å². The fraction of sp³-hybridized carbons (Fsp3) is 0.417. The van der Waals surface area contributed by atoms with Crippen molar-refractivity contribution in [2.75, 3.05) is 5.75 Å². The molecule has 1 rings (SSSR count). The Hall–Kier alpha value is -0.670. The van der Waals surface area contributed by atoms with E-state index < -0.39 is 0 Å². The zero-order chi connectivity index (χ0) is 12.0. The summed E-state index contributed by atoms with van der Waals surface area (Å²) >= 11 is 7.61. The fourth-order valence-electron chi connectivity index (χ4n) is 1.21. The van der Waals surface area contributed by atoms with E-state index in [-0.39, 0.29) is 11.9 Å². The summed E-state index contributed by atoms with van der Waals surface area (Å²) in [6, 6.07) is 7.88. The molecule has 1 amide bonds. The molecule has 4 heteroatoms. The van der Waals surface area contributed by atoms with Crippen LogP contribution in [0, 0.1) is 0 Å². The van der Waals surface area contributed by atoms with Crippen molar-refractivity contribution in [3.63, 3.8) is 0 Å². The van der Waals surface area contributed by atoms with Gasteiger partial charge in [-0.25, -0.2) is 0 Å². The zero-order valence-electron chi connectivity index (χ0n) is 9.50. The van der Waals surface area contributed by atoms with Crippen LogP contribution in [0.5, 0.6) is 0 Å².